The minimum Gasteiger partial charge on any atom is -0.350 e. The zero-order chi connectivity index (χ0) is 12.9. The number of carbonyl (C=O) groups excluding carboxylic acids is 1. The first kappa shape index (κ1) is 13.9. The summed E-state index contributed by atoms with van der Waals surface area (Å²) in [5.74, 6) is -0.0196. The molecule has 1 rings (SSSR count). The van der Waals surface area contributed by atoms with Crippen LogP contribution in [0.3, 0.4) is 0 Å². The van der Waals surface area contributed by atoms with Crippen molar-refractivity contribution >= 4 is 17.2 Å². The molecular formula is C11H19N3O2S. The highest BCUT2D eigenvalue weighted by Gasteiger charge is 2.09. The molecule has 0 bridgehead atoms. The van der Waals surface area contributed by atoms with Crippen LogP contribution < -0.4 is 15.5 Å². The second kappa shape index (κ2) is 5.97. The lowest BCUT2D eigenvalue weighted by atomic mass is 10.1. The van der Waals surface area contributed by atoms with Crippen molar-refractivity contribution in [2.24, 2.45) is 0 Å². The number of amides is 1. The fraction of sp³-hybridized carbons (Fsp3) is 0.636. The van der Waals surface area contributed by atoms with Gasteiger partial charge in [0.05, 0.1) is 6.54 Å². The molecule has 0 aromatic carbocycles. The molecular weight excluding hydrogens is 238 g/mol. The van der Waals surface area contributed by atoms with Crippen LogP contribution in [0.1, 0.15) is 32.9 Å². The molecule has 0 aliphatic carbocycles. The summed E-state index contributed by atoms with van der Waals surface area (Å²) in [6, 6.07) is 0. The van der Waals surface area contributed by atoms with Crippen LogP contribution >= 0.6 is 11.3 Å². The lowest BCUT2D eigenvalue weighted by Gasteiger charge is -2.20. The van der Waals surface area contributed by atoms with Crippen molar-refractivity contribution in [1.82, 2.24) is 15.6 Å². The maximum absolute atomic E-state index is 11.5. The van der Waals surface area contributed by atoms with Gasteiger partial charge < -0.3 is 15.6 Å². The molecule has 96 valence electrons. The summed E-state index contributed by atoms with van der Waals surface area (Å²) < 4.78 is 0. The van der Waals surface area contributed by atoms with Gasteiger partial charge in [0.25, 0.3) is 0 Å². The summed E-state index contributed by atoms with van der Waals surface area (Å²) in [4.78, 5) is 24.9. The van der Waals surface area contributed by atoms with E-state index in [1.54, 1.807) is 5.38 Å². The zero-order valence-corrected chi connectivity index (χ0v) is 11.2. The molecule has 1 aromatic rings. The van der Waals surface area contributed by atoms with Gasteiger partial charge in [-0.1, -0.05) is 11.3 Å². The van der Waals surface area contributed by atoms with Crippen molar-refractivity contribution in [3.63, 3.8) is 0 Å². The van der Waals surface area contributed by atoms with E-state index >= 15 is 0 Å². The zero-order valence-electron chi connectivity index (χ0n) is 10.4. The van der Waals surface area contributed by atoms with E-state index in [4.69, 9.17) is 0 Å². The minimum atomic E-state index is -0.0938. The highest BCUT2D eigenvalue weighted by atomic mass is 32.1. The highest BCUT2D eigenvalue weighted by molar-refractivity contribution is 7.07. The fourth-order valence-corrected chi connectivity index (χ4v) is 1.82. The van der Waals surface area contributed by atoms with E-state index in [1.165, 1.54) is 0 Å². The molecule has 0 saturated carbocycles. The van der Waals surface area contributed by atoms with Crippen LogP contribution in [-0.2, 0) is 11.3 Å². The molecule has 0 fully saturated rings. The van der Waals surface area contributed by atoms with Crippen molar-refractivity contribution < 1.29 is 4.79 Å². The van der Waals surface area contributed by atoms with Crippen LogP contribution in [0.5, 0.6) is 0 Å². The average molecular weight is 257 g/mol. The van der Waals surface area contributed by atoms with Gasteiger partial charge in [0.15, 0.2) is 0 Å². The molecule has 17 heavy (non-hydrogen) atoms. The number of aromatic amines is 1. The van der Waals surface area contributed by atoms with Gasteiger partial charge in [-0.25, -0.2) is 0 Å². The third kappa shape index (κ3) is 6.23. The van der Waals surface area contributed by atoms with E-state index in [9.17, 15) is 9.59 Å². The Hall–Kier alpha value is -1.14. The SMILES string of the molecule is CC(C)(C)NCCC(=O)NCc1csc(=O)[nH]1. The van der Waals surface area contributed by atoms with Crippen LogP contribution in [0.15, 0.2) is 10.2 Å². The summed E-state index contributed by atoms with van der Waals surface area (Å²) in [5, 5.41) is 7.71. The maximum atomic E-state index is 11.5. The quantitative estimate of drug-likeness (QED) is 0.731. The first-order valence-electron chi connectivity index (χ1n) is 5.55. The summed E-state index contributed by atoms with van der Waals surface area (Å²) >= 11 is 1.10. The average Bonchev–Trinajstić information content (AvgIpc) is 2.59. The van der Waals surface area contributed by atoms with Crippen molar-refractivity contribution in [2.75, 3.05) is 6.54 Å². The molecule has 1 amide bonds. The van der Waals surface area contributed by atoms with E-state index in [0.29, 0.717) is 19.5 Å². The number of H-pyrrole nitrogens is 1. The van der Waals surface area contributed by atoms with Gasteiger partial charge in [0.1, 0.15) is 0 Å². The van der Waals surface area contributed by atoms with Gasteiger partial charge in [0, 0.05) is 29.6 Å². The maximum Gasteiger partial charge on any atom is 0.304 e. The molecule has 0 atom stereocenters. The lowest BCUT2D eigenvalue weighted by molar-refractivity contribution is -0.121. The molecule has 1 aromatic heterocycles. The number of nitrogens with one attached hydrogen (secondary N) is 3. The lowest BCUT2D eigenvalue weighted by Crippen LogP contribution is -2.38. The largest absolute Gasteiger partial charge is 0.350 e. The fourth-order valence-electron chi connectivity index (χ4n) is 1.23. The third-order valence-corrected chi connectivity index (χ3v) is 2.77. The van der Waals surface area contributed by atoms with Gasteiger partial charge in [0.2, 0.25) is 5.91 Å². The van der Waals surface area contributed by atoms with E-state index in [1.807, 2.05) is 0 Å². The van der Waals surface area contributed by atoms with Gasteiger partial charge >= 0.3 is 4.87 Å². The predicted octanol–water partition coefficient (Wildman–Crippen LogP) is 0.831. The Morgan fingerprint density at radius 2 is 2.18 bits per heavy atom. The van der Waals surface area contributed by atoms with Crippen molar-refractivity contribution in [3.05, 3.63) is 20.7 Å². The van der Waals surface area contributed by atoms with E-state index in [2.05, 4.69) is 36.4 Å². The van der Waals surface area contributed by atoms with Crippen molar-refractivity contribution in [3.8, 4) is 0 Å². The number of thiazole rings is 1. The molecule has 0 aliphatic rings. The Bertz CT molecular complexity index is 417. The Morgan fingerprint density at radius 1 is 1.47 bits per heavy atom. The van der Waals surface area contributed by atoms with Crippen molar-refractivity contribution in [1.29, 1.82) is 0 Å². The van der Waals surface area contributed by atoms with Crippen LogP contribution in [-0.4, -0.2) is 23.0 Å². The standard InChI is InChI=1S/C11H19N3O2S/c1-11(2,3)13-5-4-9(15)12-6-8-7-17-10(16)14-8/h7,13H,4-6H2,1-3H3,(H,12,15)(H,14,16). The second-order valence-electron chi connectivity index (χ2n) is 4.88. The molecule has 0 unspecified atom stereocenters. The number of aromatic nitrogens is 1. The van der Waals surface area contributed by atoms with E-state index < -0.39 is 0 Å². The van der Waals surface area contributed by atoms with Gasteiger partial charge in [-0.3, -0.25) is 9.59 Å². The topological polar surface area (TPSA) is 74.0 Å². The van der Waals surface area contributed by atoms with Crippen molar-refractivity contribution in [2.45, 2.75) is 39.3 Å². The highest BCUT2D eigenvalue weighted by Crippen LogP contribution is 1.98. The summed E-state index contributed by atoms with van der Waals surface area (Å²) in [7, 11) is 0. The summed E-state index contributed by atoms with van der Waals surface area (Å²) in [6.45, 7) is 7.20. The predicted molar refractivity (Wildman–Crippen MR) is 69.2 cm³/mol. The smallest absolute Gasteiger partial charge is 0.304 e. The Morgan fingerprint density at radius 3 is 2.71 bits per heavy atom. The Balaban J connectivity index is 2.20. The Labute approximate surface area is 105 Å². The van der Waals surface area contributed by atoms with Crippen LogP contribution in [0.4, 0.5) is 0 Å². The second-order valence-corrected chi connectivity index (χ2v) is 5.72. The molecule has 0 spiro atoms. The Kier molecular flexibility index (Phi) is 4.89. The monoisotopic (exact) mass is 257 g/mol. The number of hydrogen-bond donors (Lipinski definition) is 3. The first-order chi connectivity index (χ1) is 7.87. The van der Waals surface area contributed by atoms with Gasteiger partial charge in [-0.2, -0.15) is 0 Å². The molecule has 0 saturated heterocycles. The van der Waals surface area contributed by atoms with Gasteiger partial charge in [-0.15, -0.1) is 0 Å². The van der Waals surface area contributed by atoms with Crippen LogP contribution in [0.2, 0.25) is 0 Å². The minimum absolute atomic E-state index is 0.0196. The number of carbonyl (C=O) groups is 1. The third-order valence-electron chi connectivity index (χ3n) is 2.05. The van der Waals surface area contributed by atoms with Crippen LogP contribution in [0.25, 0.3) is 0 Å². The molecule has 5 nitrogen and oxygen atoms in total. The molecule has 3 N–H and O–H groups in total. The van der Waals surface area contributed by atoms with Crippen LogP contribution in [0, 0.1) is 0 Å². The molecule has 0 aliphatic heterocycles. The van der Waals surface area contributed by atoms with E-state index in [0.717, 1.165) is 17.0 Å². The molecule has 0 radical (unpaired) electrons. The summed E-state index contributed by atoms with van der Waals surface area (Å²) in [5.41, 5.74) is 0.774. The van der Waals surface area contributed by atoms with E-state index in [-0.39, 0.29) is 16.3 Å². The molecule has 1 heterocycles. The normalized spacial score (nSPS) is 11.5. The first-order valence-corrected chi connectivity index (χ1v) is 6.43. The summed E-state index contributed by atoms with van der Waals surface area (Å²) in [6.07, 6.45) is 0.436. The molecule has 6 heteroatoms. The number of hydrogen-bond acceptors (Lipinski definition) is 4. The van der Waals surface area contributed by atoms with Gasteiger partial charge in [-0.05, 0) is 20.8 Å². The number of rotatable bonds is 5.